The van der Waals surface area contributed by atoms with Gasteiger partial charge in [-0.05, 0) is 18.8 Å². The van der Waals surface area contributed by atoms with E-state index in [2.05, 4.69) is 13.1 Å². The third-order valence-electron chi connectivity index (χ3n) is 5.38. The lowest BCUT2D eigenvalue weighted by Gasteiger charge is -2.23. The van der Waals surface area contributed by atoms with Gasteiger partial charge in [0.15, 0.2) is 0 Å². The first-order chi connectivity index (χ1) is 16.3. The Morgan fingerprint density at radius 2 is 1.57 bits per heavy atom. The number of aromatic amines is 1. The second-order valence-electron chi connectivity index (χ2n) is 8.11. The molecule has 6 atom stereocenters. The SMILES string of the molecule is O=c1ccn(C2CC(O)C(COP(=O)(O)OP(=O)(O)OP(=O)(O)OCC3CCCCC3)O2)c(=O)[nH]1. The Morgan fingerprint density at radius 1 is 0.971 bits per heavy atom. The van der Waals surface area contributed by atoms with Crippen LogP contribution in [0.15, 0.2) is 21.9 Å². The summed E-state index contributed by atoms with van der Waals surface area (Å²) in [6.07, 6.45) is 1.74. The van der Waals surface area contributed by atoms with Gasteiger partial charge in [0, 0.05) is 18.7 Å². The van der Waals surface area contributed by atoms with E-state index in [-0.39, 0.29) is 18.9 Å². The minimum absolute atomic E-state index is 0.0345. The van der Waals surface area contributed by atoms with Crippen molar-refractivity contribution >= 4 is 23.5 Å². The van der Waals surface area contributed by atoms with E-state index in [4.69, 9.17) is 9.26 Å². The minimum Gasteiger partial charge on any atom is -0.390 e. The maximum absolute atomic E-state index is 12.1. The second-order valence-corrected chi connectivity index (χ2v) is 12.7. The molecule has 1 aromatic heterocycles. The summed E-state index contributed by atoms with van der Waals surface area (Å²) in [5.74, 6) is -0.0345. The molecule has 1 saturated heterocycles. The molecular weight excluding hydrogens is 537 g/mol. The quantitative estimate of drug-likeness (QED) is 0.237. The van der Waals surface area contributed by atoms with Crippen molar-refractivity contribution in [2.24, 2.45) is 5.92 Å². The number of phosphoric acid groups is 3. The lowest BCUT2D eigenvalue weighted by Crippen LogP contribution is -2.31. The molecule has 3 rings (SSSR count). The Bertz CT molecular complexity index is 1130. The lowest BCUT2D eigenvalue weighted by atomic mass is 9.90. The van der Waals surface area contributed by atoms with Crippen molar-refractivity contribution in [2.45, 2.75) is 57.0 Å². The van der Waals surface area contributed by atoms with Crippen LogP contribution in [0.4, 0.5) is 0 Å². The van der Waals surface area contributed by atoms with Gasteiger partial charge in [-0.3, -0.25) is 23.4 Å². The normalized spacial score (nSPS) is 28.7. The van der Waals surface area contributed by atoms with Gasteiger partial charge in [-0.1, -0.05) is 19.3 Å². The van der Waals surface area contributed by atoms with Gasteiger partial charge in [0.1, 0.15) is 12.3 Å². The van der Waals surface area contributed by atoms with Crippen LogP contribution >= 0.6 is 23.5 Å². The van der Waals surface area contributed by atoms with Crippen molar-refractivity contribution in [3.05, 3.63) is 33.1 Å². The number of hydrogen-bond donors (Lipinski definition) is 5. The number of phosphoric ester groups is 2. The Labute approximate surface area is 198 Å². The molecule has 2 aliphatic rings. The number of aliphatic hydroxyl groups is 1. The van der Waals surface area contributed by atoms with Crippen LogP contribution in [-0.2, 0) is 36.1 Å². The van der Waals surface area contributed by atoms with E-state index in [1.807, 2.05) is 4.98 Å². The van der Waals surface area contributed by atoms with Crippen LogP contribution in [0.3, 0.4) is 0 Å². The number of aliphatic hydroxyl groups excluding tert-OH is 1. The van der Waals surface area contributed by atoms with Crippen LogP contribution in [0.1, 0.15) is 44.8 Å². The fraction of sp³-hybridized carbons (Fsp3) is 0.750. The van der Waals surface area contributed by atoms with Crippen molar-refractivity contribution in [3.63, 3.8) is 0 Å². The summed E-state index contributed by atoms with van der Waals surface area (Å²) in [6.45, 7) is -1.05. The molecule has 19 heteroatoms. The molecule has 1 aliphatic heterocycles. The molecule has 200 valence electrons. The predicted molar refractivity (Wildman–Crippen MR) is 116 cm³/mol. The molecule has 0 spiro atoms. The molecule has 6 unspecified atom stereocenters. The summed E-state index contributed by atoms with van der Waals surface area (Å²) < 4.78 is 59.8. The topological polar surface area (TPSA) is 233 Å². The molecule has 2 fully saturated rings. The van der Waals surface area contributed by atoms with Gasteiger partial charge in [0.2, 0.25) is 0 Å². The number of hydrogen-bond acceptors (Lipinski definition) is 11. The molecule has 0 radical (unpaired) electrons. The van der Waals surface area contributed by atoms with Crippen LogP contribution in [0.25, 0.3) is 0 Å². The lowest BCUT2D eigenvalue weighted by molar-refractivity contribution is -0.0450. The highest BCUT2D eigenvalue weighted by atomic mass is 31.3. The average molecular weight is 564 g/mol. The third kappa shape index (κ3) is 8.81. The smallest absolute Gasteiger partial charge is 0.390 e. The van der Waals surface area contributed by atoms with Crippen LogP contribution in [0.2, 0.25) is 0 Å². The van der Waals surface area contributed by atoms with Gasteiger partial charge < -0.3 is 24.5 Å². The van der Waals surface area contributed by atoms with E-state index < -0.39 is 59.8 Å². The summed E-state index contributed by atoms with van der Waals surface area (Å²) in [7, 11) is -16.1. The summed E-state index contributed by atoms with van der Waals surface area (Å²) in [5, 5.41) is 10.1. The number of rotatable bonds is 11. The molecule has 35 heavy (non-hydrogen) atoms. The molecule has 5 N–H and O–H groups in total. The van der Waals surface area contributed by atoms with Crippen molar-refractivity contribution in [3.8, 4) is 0 Å². The van der Waals surface area contributed by atoms with E-state index >= 15 is 0 Å². The highest BCUT2D eigenvalue weighted by molar-refractivity contribution is 7.66. The number of nitrogens with one attached hydrogen (secondary N) is 1. The van der Waals surface area contributed by atoms with Gasteiger partial charge >= 0.3 is 29.2 Å². The summed E-state index contributed by atoms with van der Waals surface area (Å²) in [6, 6.07) is 1.05. The van der Waals surface area contributed by atoms with E-state index in [9.17, 15) is 43.1 Å². The monoisotopic (exact) mass is 564 g/mol. The van der Waals surface area contributed by atoms with E-state index in [1.54, 1.807) is 0 Å². The van der Waals surface area contributed by atoms with Crippen LogP contribution in [0.5, 0.6) is 0 Å². The minimum atomic E-state index is -5.61. The maximum atomic E-state index is 12.1. The van der Waals surface area contributed by atoms with Crippen molar-refractivity contribution in [1.82, 2.24) is 9.55 Å². The molecular formula is C16H27N2O14P3. The Morgan fingerprint density at radius 3 is 2.17 bits per heavy atom. The summed E-state index contributed by atoms with van der Waals surface area (Å²) in [4.78, 5) is 54.1. The van der Waals surface area contributed by atoms with Gasteiger partial charge in [-0.25, -0.2) is 18.5 Å². The number of aromatic nitrogens is 2. The molecule has 0 bridgehead atoms. The first-order valence-electron chi connectivity index (χ1n) is 10.6. The van der Waals surface area contributed by atoms with Crippen LogP contribution in [-0.4, -0.2) is 54.8 Å². The molecule has 2 heterocycles. The standard InChI is InChI=1S/C16H27N2O14P3/c19-12-8-15(18-7-6-14(20)17-16(18)21)30-13(12)10-29-34(24,25)32-35(26,27)31-33(22,23)28-9-11-4-2-1-3-5-11/h6-7,11-13,15,19H,1-5,8-10H2,(H,22,23)(H,24,25)(H,26,27)(H,17,20,21). The number of ether oxygens (including phenoxy) is 1. The molecule has 16 nitrogen and oxygen atoms in total. The van der Waals surface area contributed by atoms with Gasteiger partial charge in [-0.2, -0.15) is 8.62 Å². The van der Waals surface area contributed by atoms with E-state index in [0.29, 0.717) is 0 Å². The van der Waals surface area contributed by atoms with Gasteiger partial charge in [0.05, 0.1) is 19.3 Å². The Hall–Kier alpha value is -0.990. The zero-order valence-electron chi connectivity index (χ0n) is 18.3. The molecule has 1 aromatic rings. The Balaban J connectivity index is 1.51. The highest BCUT2D eigenvalue weighted by Crippen LogP contribution is 2.67. The van der Waals surface area contributed by atoms with Crippen LogP contribution in [0, 0.1) is 5.92 Å². The zero-order valence-corrected chi connectivity index (χ0v) is 21.0. The van der Waals surface area contributed by atoms with Crippen molar-refractivity contribution < 1.29 is 55.9 Å². The largest absolute Gasteiger partial charge is 0.490 e. The van der Waals surface area contributed by atoms with Crippen molar-refractivity contribution in [2.75, 3.05) is 13.2 Å². The zero-order chi connectivity index (χ0) is 25.9. The number of H-pyrrole nitrogens is 1. The molecule has 1 saturated carbocycles. The first kappa shape index (κ1) is 28.6. The second kappa shape index (κ2) is 11.6. The molecule has 0 amide bonds. The first-order valence-corrected chi connectivity index (χ1v) is 15.1. The van der Waals surface area contributed by atoms with Gasteiger partial charge in [-0.15, -0.1) is 0 Å². The van der Waals surface area contributed by atoms with E-state index in [0.717, 1.165) is 48.9 Å². The fourth-order valence-corrected chi connectivity index (χ4v) is 7.32. The molecule has 1 aliphatic carbocycles. The van der Waals surface area contributed by atoms with Gasteiger partial charge in [0.25, 0.3) is 5.56 Å². The van der Waals surface area contributed by atoms with Crippen molar-refractivity contribution in [1.29, 1.82) is 0 Å². The summed E-state index contributed by atoms with van der Waals surface area (Å²) in [5.41, 5.74) is -1.46. The fourth-order valence-electron chi connectivity index (χ4n) is 3.73. The maximum Gasteiger partial charge on any atom is 0.490 e. The van der Waals surface area contributed by atoms with Crippen LogP contribution < -0.4 is 11.2 Å². The molecule has 0 aromatic carbocycles. The highest BCUT2D eigenvalue weighted by Gasteiger charge is 2.44. The third-order valence-corrected chi connectivity index (χ3v) is 9.63. The summed E-state index contributed by atoms with van der Waals surface area (Å²) >= 11 is 0. The average Bonchev–Trinajstić information content (AvgIpc) is 3.10. The van der Waals surface area contributed by atoms with E-state index in [1.165, 1.54) is 0 Å². The Kier molecular flexibility index (Phi) is 9.47. The predicted octanol–water partition coefficient (Wildman–Crippen LogP) is 1.13. The number of nitrogens with zero attached hydrogens (tertiary/aromatic N) is 1.